The highest BCUT2D eigenvalue weighted by Gasteiger charge is 2.16. The number of ether oxygens (including phenoxy) is 1. The van der Waals surface area contributed by atoms with E-state index in [4.69, 9.17) is 10.5 Å². The molecule has 2 rings (SSSR count). The first-order chi connectivity index (χ1) is 9.70. The molecule has 4 nitrogen and oxygen atoms in total. The van der Waals surface area contributed by atoms with Crippen molar-refractivity contribution in [2.24, 2.45) is 0 Å². The molecule has 0 unspecified atom stereocenters. The Morgan fingerprint density at radius 1 is 1.30 bits per heavy atom. The van der Waals surface area contributed by atoms with Gasteiger partial charge in [-0.25, -0.2) is 0 Å². The molecule has 0 radical (unpaired) electrons. The number of nitrogens with two attached hydrogens (primary N) is 1. The molecule has 0 bridgehead atoms. The van der Waals surface area contributed by atoms with Crippen LogP contribution in [0, 0.1) is 0 Å². The van der Waals surface area contributed by atoms with E-state index in [1.807, 2.05) is 6.92 Å². The van der Waals surface area contributed by atoms with Crippen LogP contribution in [0.3, 0.4) is 0 Å². The number of rotatable bonds is 4. The van der Waals surface area contributed by atoms with Crippen molar-refractivity contribution in [3.63, 3.8) is 0 Å². The monoisotopic (exact) mass is 276 g/mol. The molecule has 0 spiro atoms. The predicted octanol–water partition coefficient (Wildman–Crippen LogP) is 3.12. The minimum absolute atomic E-state index is 0.0298. The van der Waals surface area contributed by atoms with E-state index in [0.29, 0.717) is 29.6 Å². The van der Waals surface area contributed by atoms with Gasteiger partial charge in [-0.3, -0.25) is 4.79 Å². The van der Waals surface area contributed by atoms with Crippen molar-refractivity contribution in [2.75, 3.05) is 12.3 Å². The number of amides is 1. The number of benzene rings is 1. The van der Waals surface area contributed by atoms with E-state index < -0.39 is 0 Å². The lowest BCUT2D eigenvalue weighted by atomic mass is 10.1. The van der Waals surface area contributed by atoms with Crippen LogP contribution in [0.2, 0.25) is 0 Å². The third-order valence-electron chi connectivity index (χ3n) is 3.77. The second-order valence-corrected chi connectivity index (χ2v) is 5.35. The minimum atomic E-state index is -0.0298. The van der Waals surface area contributed by atoms with Crippen molar-refractivity contribution < 1.29 is 9.53 Å². The normalized spacial score (nSPS) is 16.4. The van der Waals surface area contributed by atoms with Crippen LogP contribution in [0.15, 0.2) is 18.2 Å². The van der Waals surface area contributed by atoms with Crippen molar-refractivity contribution in [1.82, 2.24) is 5.32 Å². The van der Waals surface area contributed by atoms with Crippen LogP contribution in [0.25, 0.3) is 0 Å². The van der Waals surface area contributed by atoms with E-state index in [1.165, 1.54) is 25.7 Å². The molecule has 1 saturated carbocycles. The van der Waals surface area contributed by atoms with Gasteiger partial charge in [-0.05, 0) is 38.0 Å². The van der Waals surface area contributed by atoms with Gasteiger partial charge in [0.2, 0.25) is 0 Å². The first-order valence-corrected chi connectivity index (χ1v) is 7.54. The number of hydrogen-bond acceptors (Lipinski definition) is 3. The first-order valence-electron chi connectivity index (χ1n) is 7.54. The molecule has 20 heavy (non-hydrogen) atoms. The van der Waals surface area contributed by atoms with E-state index in [-0.39, 0.29) is 5.91 Å². The molecule has 4 heteroatoms. The summed E-state index contributed by atoms with van der Waals surface area (Å²) in [6, 6.07) is 5.51. The summed E-state index contributed by atoms with van der Waals surface area (Å²) in [7, 11) is 0. The highest BCUT2D eigenvalue weighted by Crippen LogP contribution is 2.23. The molecule has 1 fully saturated rings. The SMILES string of the molecule is CCOc1cc(C(=O)NC2CCCCCC2)ccc1N. The number of hydrogen-bond donors (Lipinski definition) is 2. The van der Waals surface area contributed by atoms with Crippen molar-refractivity contribution in [3.05, 3.63) is 23.8 Å². The van der Waals surface area contributed by atoms with Crippen LogP contribution in [0.5, 0.6) is 5.75 Å². The summed E-state index contributed by atoms with van der Waals surface area (Å²) in [5.74, 6) is 0.555. The van der Waals surface area contributed by atoms with Gasteiger partial charge in [0.05, 0.1) is 12.3 Å². The molecule has 1 aromatic carbocycles. The first kappa shape index (κ1) is 14.7. The molecule has 1 amide bonds. The average molecular weight is 276 g/mol. The lowest BCUT2D eigenvalue weighted by Crippen LogP contribution is -2.34. The van der Waals surface area contributed by atoms with Gasteiger partial charge < -0.3 is 15.8 Å². The Labute approximate surface area is 120 Å². The van der Waals surface area contributed by atoms with Crippen molar-refractivity contribution in [2.45, 2.75) is 51.5 Å². The zero-order valence-electron chi connectivity index (χ0n) is 12.2. The molecular weight excluding hydrogens is 252 g/mol. The van der Waals surface area contributed by atoms with Crippen LogP contribution in [0.1, 0.15) is 55.8 Å². The second kappa shape index (κ2) is 7.17. The van der Waals surface area contributed by atoms with Crippen molar-refractivity contribution in [1.29, 1.82) is 0 Å². The number of nitrogen functional groups attached to an aromatic ring is 1. The van der Waals surface area contributed by atoms with Gasteiger partial charge in [0.25, 0.3) is 5.91 Å². The van der Waals surface area contributed by atoms with E-state index in [1.54, 1.807) is 18.2 Å². The van der Waals surface area contributed by atoms with Crippen molar-refractivity contribution >= 4 is 11.6 Å². The Bertz CT molecular complexity index is 452. The lowest BCUT2D eigenvalue weighted by Gasteiger charge is -2.17. The van der Waals surface area contributed by atoms with Gasteiger partial charge in [0.15, 0.2) is 0 Å². The standard InChI is InChI=1S/C16H24N2O2/c1-2-20-15-11-12(9-10-14(15)17)16(19)18-13-7-5-3-4-6-8-13/h9-11,13H,2-8,17H2,1H3,(H,18,19). The average Bonchev–Trinajstić information content (AvgIpc) is 2.70. The molecule has 110 valence electrons. The van der Waals surface area contributed by atoms with Crippen LogP contribution in [-0.4, -0.2) is 18.6 Å². The van der Waals surface area contributed by atoms with Crippen LogP contribution >= 0.6 is 0 Å². The molecule has 1 aromatic rings. The van der Waals surface area contributed by atoms with E-state index in [9.17, 15) is 4.79 Å². The van der Waals surface area contributed by atoms with Crippen molar-refractivity contribution in [3.8, 4) is 5.75 Å². The Balaban J connectivity index is 2.02. The highest BCUT2D eigenvalue weighted by molar-refractivity contribution is 5.95. The summed E-state index contributed by atoms with van der Waals surface area (Å²) in [4.78, 5) is 12.3. The number of carbonyl (C=O) groups excluding carboxylic acids is 1. The Morgan fingerprint density at radius 2 is 2.00 bits per heavy atom. The maximum atomic E-state index is 12.3. The molecular formula is C16H24N2O2. The van der Waals surface area contributed by atoms with E-state index in [0.717, 1.165) is 12.8 Å². The lowest BCUT2D eigenvalue weighted by molar-refractivity contribution is 0.0933. The van der Waals surface area contributed by atoms with E-state index in [2.05, 4.69) is 5.32 Å². The number of nitrogens with one attached hydrogen (secondary N) is 1. The van der Waals surface area contributed by atoms with Gasteiger partial charge in [-0.15, -0.1) is 0 Å². The largest absolute Gasteiger partial charge is 0.492 e. The van der Waals surface area contributed by atoms with Gasteiger partial charge in [-0.1, -0.05) is 25.7 Å². The summed E-state index contributed by atoms with van der Waals surface area (Å²) in [5.41, 5.74) is 7.01. The van der Waals surface area contributed by atoms with Gasteiger partial charge in [0, 0.05) is 11.6 Å². The minimum Gasteiger partial charge on any atom is -0.492 e. The molecule has 0 aromatic heterocycles. The molecule has 1 aliphatic carbocycles. The predicted molar refractivity (Wildman–Crippen MR) is 81.0 cm³/mol. The zero-order chi connectivity index (χ0) is 14.4. The molecule has 0 aliphatic heterocycles. The third-order valence-corrected chi connectivity index (χ3v) is 3.77. The molecule has 0 heterocycles. The fourth-order valence-corrected chi connectivity index (χ4v) is 2.65. The Kier molecular flexibility index (Phi) is 5.27. The van der Waals surface area contributed by atoms with Crippen LogP contribution in [-0.2, 0) is 0 Å². The fraction of sp³-hybridized carbons (Fsp3) is 0.562. The van der Waals surface area contributed by atoms with Gasteiger partial charge >= 0.3 is 0 Å². The highest BCUT2D eigenvalue weighted by atomic mass is 16.5. The van der Waals surface area contributed by atoms with Crippen LogP contribution in [0.4, 0.5) is 5.69 Å². The summed E-state index contributed by atoms with van der Waals surface area (Å²) >= 11 is 0. The number of carbonyl (C=O) groups is 1. The maximum Gasteiger partial charge on any atom is 0.251 e. The summed E-state index contributed by atoms with van der Waals surface area (Å²) in [6.45, 7) is 2.44. The summed E-state index contributed by atoms with van der Waals surface area (Å²) in [5, 5.41) is 3.13. The Hall–Kier alpha value is -1.71. The second-order valence-electron chi connectivity index (χ2n) is 5.35. The quantitative estimate of drug-likeness (QED) is 0.656. The summed E-state index contributed by atoms with van der Waals surface area (Å²) < 4.78 is 5.43. The molecule has 3 N–H and O–H groups in total. The molecule has 0 atom stereocenters. The maximum absolute atomic E-state index is 12.3. The summed E-state index contributed by atoms with van der Waals surface area (Å²) in [6.07, 6.45) is 7.14. The van der Waals surface area contributed by atoms with Gasteiger partial charge in [0.1, 0.15) is 5.75 Å². The fourth-order valence-electron chi connectivity index (χ4n) is 2.65. The topological polar surface area (TPSA) is 64.3 Å². The van der Waals surface area contributed by atoms with Gasteiger partial charge in [-0.2, -0.15) is 0 Å². The third kappa shape index (κ3) is 3.89. The van der Waals surface area contributed by atoms with Crippen LogP contribution < -0.4 is 15.8 Å². The van der Waals surface area contributed by atoms with E-state index >= 15 is 0 Å². The smallest absolute Gasteiger partial charge is 0.251 e. The zero-order valence-corrected chi connectivity index (χ0v) is 12.2. The Morgan fingerprint density at radius 3 is 2.65 bits per heavy atom. The number of anilines is 1. The molecule has 1 aliphatic rings. The molecule has 0 saturated heterocycles.